The summed E-state index contributed by atoms with van der Waals surface area (Å²) in [4.78, 5) is 51.7. The van der Waals surface area contributed by atoms with Crippen LogP contribution in [0.15, 0.2) is 0 Å². The molecule has 0 saturated carbocycles. The van der Waals surface area contributed by atoms with E-state index in [1.165, 1.54) is 0 Å². The predicted octanol–water partition coefficient (Wildman–Crippen LogP) is -1.83. The van der Waals surface area contributed by atoms with Gasteiger partial charge < -0.3 is 30.7 Å². The molecule has 0 radical (unpaired) electrons. The predicted molar refractivity (Wildman–Crippen MR) is 77.2 cm³/mol. The van der Waals surface area contributed by atoms with Crippen LogP contribution >= 0.6 is 0 Å². The SMILES string of the molecule is CCC(C(=O)O)N(O)CC(=O)O.O=C(O)CN(CC(=O)O)CC(=O)O. The summed E-state index contributed by atoms with van der Waals surface area (Å²) in [7, 11) is 0. The second kappa shape index (κ2) is 12.6. The van der Waals surface area contributed by atoms with Crippen LogP contribution in [0.5, 0.6) is 0 Å². The second-order valence-electron chi connectivity index (χ2n) is 4.58. The van der Waals surface area contributed by atoms with Gasteiger partial charge in [0, 0.05) is 0 Å². The van der Waals surface area contributed by atoms with Gasteiger partial charge in [-0.2, -0.15) is 5.06 Å². The van der Waals surface area contributed by atoms with Gasteiger partial charge >= 0.3 is 29.8 Å². The Morgan fingerprint density at radius 3 is 1.24 bits per heavy atom. The fourth-order valence-electron chi connectivity index (χ4n) is 1.50. The number of hydrogen-bond acceptors (Lipinski definition) is 8. The highest BCUT2D eigenvalue weighted by molar-refractivity contribution is 5.76. The summed E-state index contributed by atoms with van der Waals surface area (Å²) in [5, 5.41) is 50.7. The van der Waals surface area contributed by atoms with Crippen LogP contribution in [0, 0.1) is 0 Å². The van der Waals surface area contributed by atoms with Crippen molar-refractivity contribution in [1.29, 1.82) is 0 Å². The van der Waals surface area contributed by atoms with E-state index in [0.717, 1.165) is 4.90 Å². The highest BCUT2D eigenvalue weighted by Crippen LogP contribution is 2.00. The quantitative estimate of drug-likeness (QED) is 0.222. The molecule has 6 N–H and O–H groups in total. The lowest BCUT2D eigenvalue weighted by Gasteiger charge is -2.18. The van der Waals surface area contributed by atoms with E-state index >= 15 is 0 Å². The highest BCUT2D eigenvalue weighted by Gasteiger charge is 2.23. The van der Waals surface area contributed by atoms with Crippen molar-refractivity contribution in [2.24, 2.45) is 0 Å². The van der Waals surface area contributed by atoms with Crippen LogP contribution < -0.4 is 0 Å². The Labute approximate surface area is 141 Å². The molecule has 144 valence electrons. The summed E-state index contributed by atoms with van der Waals surface area (Å²) in [5.41, 5.74) is 0. The van der Waals surface area contributed by atoms with Gasteiger partial charge in [0.15, 0.2) is 0 Å². The lowest BCUT2D eigenvalue weighted by Crippen LogP contribution is -2.41. The van der Waals surface area contributed by atoms with E-state index in [-0.39, 0.29) is 6.42 Å². The summed E-state index contributed by atoms with van der Waals surface area (Å²) < 4.78 is 0. The zero-order chi connectivity index (χ0) is 20.2. The smallest absolute Gasteiger partial charge is 0.323 e. The molecular weight excluding hydrogens is 348 g/mol. The van der Waals surface area contributed by atoms with Crippen LogP contribution in [0.3, 0.4) is 0 Å². The van der Waals surface area contributed by atoms with Crippen molar-refractivity contribution >= 4 is 29.8 Å². The first-order valence-electron chi connectivity index (χ1n) is 6.68. The minimum absolute atomic E-state index is 0.152. The maximum Gasteiger partial charge on any atom is 0.323 e. The number of carboxylic acids is 5. The number of carboxylic acid groups (broad SMARTS) is 5. The van der Waals surface area contributed by atoms with Gasteiger partial charge in [0.2, 0.25) is 0 Å². The first-order chi connectivity index (χ1) is 11.4. The van der Waals surface area contributed by atoms with Crippen LogP contribution in [0.2, 0.25) is 0 Å². The van der Waals surface area contributed by atoms with Crippen molar-refractivity contribution in [2.45, 2.75) is 19.4 Å². The first kappa shape index (κ1) is 24.5. The Morgan fingerprint density at radius 2 is 1.04 bits per heavy atom. The van der Waals surface area contributed by atoms with Crippen molar-refractivity contribution in [3.05, 3.63) is 0 Å². The van der Waals surface area contributed by atoms with Gasteiger partial charge in [0.05, 0.1) is 19.6 Å². The number of rotatable bonds is 11. The van der Waals surface area contributed by atoms with Gasteiger partial charge in [0.25, 0.3) is 0 Å². The Hall–Kier alpha value is -2.77. The standard InChI is InChI=1S/C6H9NO6.C6H11NO5/c8-4(9)1-7(2-5(10)11)3-6(12)13;1-2-4(6(10)11)7(12)3-5(8)9/h1-3H2,(H,8,9)(H,10,11)(H,12,13);4,12H,2-3H2,1H3,(H,8,9)(H,10,11). The maximum atomic E-state index is 10.4. The third-order valence-electron chi connectivity index (χ3n) is 2.41. The zero-order valence-electron chi connectivity index (χ0n) is 13.2. The molecule has 0 fully saturated rings. The molecule has 13 nitrogen and oxygen atoms in total. The van der Waals surface area contributed by atoms with Gasteiger partial charge in [0.1, 0.15) is 12.6 Å². The van der Waals surface area contributed by atoms with Crippen LogP contribution in [0.1, 0.15) is 13.3 Å². The minimum Gasteiger partial charge on any atom is -0.480 e. The van der Waals surface area contributed by atoms with Crippen LogP contribution in [0.25, 0.3) is 0 Å². The van der Waals surface area contributed by atoms with Gasteiger partial charge in [-0.25, -0.2) is 0 Å². The molecule has 0 amide bonds. The number of carbonyl (C=O) groups is 5. The summed E-state index contributed by atoms with van der Waals surface area (Å²) >= 11 is 0. The van der Waals surface area contributed by atoms with E-state index < -0.39 is 62.1 Å². The molecule has 13 heteroatoms. The van der Waals surface area contributed by atoms with Crippen molar-refractivity contribution in [3.63, 3.8) is 0 Å². The third kappa shape index (κ3) is 14.5. The van der Waals surface area contributed by atoms with Crippen LogP contribution in [0.4, 0.5) is 0 Å². The van der Waals surface area contributed by atoms with Crippen molar-refractivity contribution < 1.29 is 54.7 Å². The Bertz CT molecular complexity index is 455. The molecule has 0 bridgehead atoms. The topological polar surface area (TPSA) is 213 Å². The van der Waals surface area contributed by atoms with Gasteiger partial charge in [-0.05, 0) is 6.42 Å². The fraction of sp³-hybridized carbons (Fsp3) is 0.583. The number of nitrogens with zero attached hydrogens (tertiary/aromatic N) is 2. The Balaban J connectivity index is 0. The average molecular weight is 368 g/mol. The molecular formula is C12H20N2O11. The molecule has 0 aromatic heterocycles. The molecule has 0 aliphatic carbocycles. The lowest BCUT2D eigenvalue weighted by molar-refractivity contribution is -0.177. The molecule has 0 saturated heterocycles. The van der Waals surface area contributed by atoms with Crippen molar-refractivity contribution in [1.82, 2.24) is 9.96 Å². The van der Waals surface area contributed by atoms with Gasteiger partial charge in [-0.15, -0.1) is 0 Å². The van der Waals surface area contributed by atoms with E-state index in [4.69, 9.17) is 30.7 Å². The Kier molecular flexibility index (Phi) is 12.4. The first-order valence-corrected chi connectivity index (χ1v) is 6.68. The van der Waals surface area contributed by atoms with E-state index in [1.54, 1.807) is 6.92 Å². The number of hydroxylamine groups is 2. The molecule has 0 aliphatic heterocycles. The molecule has 0 aromatic carbocycles. The van der Waals surface area contributed by atoms with E-state index in [9.17, 15) is 24.0 Å². The second-order valence-corrected chi connectivity index (χ2v) is 4.58. The molecule has 0 spiro atoms. The molecule has 0 aliphatic rings. The number of hydrogen-bond donors (Lipinski definition) is 6. The Morgan fingerprint density at radius 1 is 0.720 bits per heavy atom. The molecule has 0 rings (SSSR count). The largest absolute Gasteiger partial charge is 0.480 e. The van der Waals surface area contributed by atoms with Crippen molar-refractivity contribution in [2.75, 3.05) is 26.2 Å². The van der Waals surface area contributed by atoms with Crippen LogP contribution in [-0.2, 0) is 24.0 Å². The summed E-state index contributed by atoms with van der Waals surface area (Å²) in [6.45, 7) is -0.940. The highest BCUT2D eigenvalue weighted by atomic mass is 16.5. The summed E-state index contributed by atoms with van der Waals surface area (Å²) in [6, 6.07) is -1.15. The molecule has 0 heterocycles. The molecule has 25 heavy (non-hydrogen) atoms. The monoisotopic (exact) mass is 368 g/mol. The van der Waals surface area contributed by atoms with Crippen molar-refractivity contribution in [3.8, 4) is 0 Å². The van der Waals surface area contributed by atoms with Gasteiger partial charge in [-0.3, -0.25) is 28.9 Å². The lowest BCUT2D eigenvalue weighted by atomic mass is 10.2. The summed E-state index contributed by atoms with van der Waals surface area (Å²) in [5.74, 6) is -6.29. The maximum absolute atomic E-state index is 10.4. The number of aliphatic carboxylic acids is 5. The van der Waals surface area contributed by atoms with Crippen LogP contribution in [-0.4, -0.2) is 103 Å². The zero-order valence-corrected chi connectivity index (χ0v) is 13.2. The third-order valence-corrected chi connectivity index (χ3v) is 2.41. The molecule has 1 unspecified atom stereocenters. The van der Waals surface area contributed by atoms with E-state index in [2.05, 4.69) is 0 Å². The minimum atomic E-state index is -1.27. The summed E-state index contributed by atoms with van der Waals surface area (Å²) in [6.07, 6.45) is 0.152. The fourth-order valence-corrected chi connectivity index (χ4v) is 1.50. The van der Waals surface area contributed by atoms with Gasteiger partial charge in [-0.1, -0.05) is 6.92 Å². The van der Waals surface area contributed by atoms with E-state index in [1.807, 2.05) is 0 Å². The average Bonchev–Trinajstić information content (AvgIpc) is 2.35. The normalized spacial score (nSPS) is 11.4. The molecule has 1 atom stereocenters. The van der Waals surface area contributed by atoms with E-state index in [0.29, 0.717) is 5.06 Å². The molecule has 0 aromatic rings.